The zero-order valence-electron chi connectivity index (χ0n) is 21.3. The number of aliphatic imine (C=N–C) groups is 1. The van der Waals surface area contributed by atoms with Gasteiger partial charge in [0.1, 0.15) is 12.4 Å². The number of hydrogen-bond donors (Lipinski definition) is 0. The second-order valence-corrected chi connectivity index (χ2v) is 10.9. The van der Waals surface area contributed by atoms with Gasteiger partial charge in [0, 0.05) is 22.2 Å². The highest BCUT2D eigenvalue weighted by molar-refractivity contribution is 9.10. The highest BCUT2D eigenvalue weighted by Gasteiger charge is 2.33. The molecule has 0 unspecified atom stereocenters. The number of halogens is 1. The van der Waals surface area contributed by atoms with Crippen LogP contribution < -0.4 is 4.74 Å². The molecule has 7 nitrogen and oxygen atoms in total. The van der Waals surface area contributed by atoms with E-state index in [0.717, 1.165) is 26.7 Å². The summed E-state index contributed by atoms with van der Waals surface area (Å²) in [4.78, 5) is 31.2. The van der Waals surface area contributed by atoms with Gasteiger partial charge in [0.15, 0.2) is 5.17 Å². The van der Waals surface area contributed by atoms with E-state index in [9.17, 15) is 14.9 Å². The predicted molar refractivity (Wildman–Crippen MR) is 162 cm³/mol. The molecule has 0 saturated carbocycles. The molecule has 0 radical (unpaired) electrons. The Balaban J connectivity index is 1.41. The van der Waals surface area contributed by atoms with Crippen LogP contribution in [0.3, 0.4) is 0 Å². The minimum atomic E-state index is -0.432. The number of thioether (sulfide) groups is 1. The minimum Gasteiger partial charge on any atom is -0.488 e. The van der Waals surface area contributed by atoms with Crippen LogP contribution in [0.4, 0.5) is 5.69 Å². The van der Waals surface area contributed by atoms with E-state index >= 15 is 0 Å². The lowest BCUT2D eigenvalue weighted by molar-refractivity contribution is -0.384. The molecule has 0 aromatic heterocycles. The van der Waals surface area contributed by atoms with Crippen molar-refractivity contribution in [1.29, 1.82) is 0 Å². The molecular weight excluding hydrogens is 590 g/mol. The lowest BCUT2D eigenvalue weighted by atomic mass is 10.1. The first-order valence-corrected chi connectivity index (χ1v) is 14.1. The Bertz CT molecular complexity index is 1580. The van der Waals surface area contributed by atoms with Crippen LogP contribution in [0.25, 0.3) is 6.08 Å². The highest BCUT2D eigenvalue weighted by atomic mass is 79.9. The molecule has 9 heteroatoms. The van der Waals surface area contributed by atoms with Crippen LogP contribution in [0.5, 0.6) is 5.75 Å². The smallest absolute Gasteiger partial charge is 0.269 e. The van der Waals surface area contributed by atoms with Gasteiger partial charge in [-0.2, -0.15) is 0 Å². The van der Waals surface area contributed by atoms with E-state index < -0.39 is 4.92 Å². The lowest BCUT2D eigenvalue weighted by Gasteiger charge is -2.15. The van der Waals surface area contributed by atoms with E-state index in [1.54, 1.807) is 17.0 Å². The number of rotatable bonds is 9. The third-order valence-corrected chi connectivity index (χ3v) is 7.65. The molecule has 1 amide bonds. The van der Waals surface area contributed by atoms with Crippen LogP contribution in [0.2, 0.25) is 0 Å². The molecule has 1 saturated heterocycles. The van der Waals surface area contributed by atoms with Gasteiger partial charge in [-0.05, 0) is 64.9 Å². The number of hydrogen-bond acceptors (Lipinski definition) is 6. The summed E-state index contributed by atoms with van der Waals surface area (Å²) >= 11 is 4.87. The summed E-state index contributed by atoms with van der Waals surface area (Å²) in [5, 5.41) is 11.6. The molecule has 0 N–H and O–H groups in total. The summed E-state index contributed by atoms with van der Waals surface area (Å²) < 4.78 is 6.92. The number of carbonyl (C=O) groups excluding carboxylic acids is 1. The summed E-state index contributed by atoms with van der Waals surface area (Å²) in [7, 11) is 0. The molecule has 5 rings (SSSR count). The quantitative estimate of drug-likeness (QED) is 0.110. The molecule has 0 bridgehead atoms. The average molecular weight is 615 g/mol. The standard InChI is InChI=1S/C31H24BrN3O4S/c32-26-13-16-28(39-21-24-11-14-27(15-12-24)35(37)38)25(17-26)18-29-30(36)34(20-23-9-5-2-6-10-23)31(40-29)33-19-22-7-3-1-4-8-22/h1-18H,19-21H2/b29-18+,33-31?. The zero-order chi connectivity index (χ0) is 27.9. The summed E-state index contributed by atoms with van der Waals surface area (Å²) in [5.74, 6) is 0.466. The van der Waals surface area contributed by atoms with Crippen LogP contribution >= 0.6 is 27.7 Å². The SMILES string of the molecule is O=C1/C(=C\c2cc(Br)ccc2OCc2ccc([N+](=O)[O-])cc2)SC(=NCc2ccccc2)N1Cc1ccccc1. The summed E-state index contributed by atoms with van der Waals surface area (Å²) in [5.41, 5.74) is 3.63. The van der Waals surface area contributed by atoms with Crippen molar-refractivity contribution in [3.8, 4) is 5.75 Å². The number of benzene rings is 4. The summed E-state index contributed by atoms with van der Waals surface area (Å²) in [6.07, 6.45) is 1.83. The van der Waals surface area contributed by atoms with Gasteiger partial charge >= 0.3 is 0 Å². The van der Waals surface area contributed by atoms with Gasteiger partial charge in [0.25, 0.3) is 11.6 Å². The van der Waals surface area contributed by atoms with E-state index in [2.05, 4.69) is 15.9 Å². The Labute approximate surface area is 244 Å². The molecule has 4 aromatic carbocycles. The summed E-state index contributed by atoms with van der Waals surface area (Å²) in [6.45, 7) is 1.11. The van der Waals surface area contributed by atoms with Gasteiger partial charge < -0.3 is 4.74 Å². The number of carbonyl (C=O) groups is 1. The molecule has 0 spiro atoms. The Morgan fingerprint density at radius 2 is 1.57 bits per heavy atom. The van der Waals surface area contributed by atoms with Crippen molar-refractivity contribution in [2.24, 2.45) is 4.99 Å². The maximum Gasteiger partial charge on any atom is 0.269 e. The fourth-order valence-electron chi connectivity index (χ4n) is 4.05. The van der Waals surface area contributed by atoms with Crippen LogP contribution in [0, 0.1) is 10.1 Å². The molecule has 0 atom stereocenters. The molecule has 1 aliphatic rings. The fourth-order valence-corrected chi connectivity index (χ4v) is 5.40. The topological polar surface area (TPSA) is 85.0 Å². The third-order valence-electron chi connectivity index (χ3n) is 6.11. The van der Waals surface area contributed by atoms with Crippen molar-refractivity contribution in [2.75, 3.05) is 0 Å². The second-order valence-electron chi connectivity index (χ2n) is 8.97. The molecular formula is C31H24BrN3O4S. The first-order valence-electron chi connectivity index (χ1n) is 12.5. The molecule has 1 aliphatic heterocycles. The van der Waals surface area contributed by atoms with Crippen molar-refractivity contribution < 1.29 is 14.5 Å². The monoisotopic (exact) mass is 613 g/mol. The Hall–Kier alpha value is -4.21. The zero-order valence-corrected chi connectivity index (χ0v) is 23.7. The van der Waals surface area contributed by atoms with Gasteiger partial charge in [0.05, 0.1) is 22.9 Å². The first kappa shape index (κ1) is 27.4. The number of nitrogens with zero attached hydrogens (tertiary/aromatic N) is 3. The van der Waals surface area contributed by atoms with Gasteiger partial charge in [-0.25, -0.2) is 0 Å². The van der Waals surface area contributed by atoms with Crippen LogP contribution in [0.15, 0.2) is 117 Å². The highest BCUT2D eigenvalue weighted by Crippen LogP contribution is 2.36. The van der Waals surface area contributed by atoms with E-state index in [-0.39, 0.29) is 18.2 Å². The van der Waals surface area contributed by atoms with Crippen molar-refractivity contribution in [3.63, 3.8) is 0 Å². The van der Waals surface area contributed by atoms with Crippen molar-refractivity contribution in [3.05, 3.63) is 145 Å². The number of amidine groups is 1. The lowest BCUT2D eigenvalue weighted by Crippen LogP contribution is -2.28. The Kier molecular flexibility index (Phi) is 8.73. The Morgan fingerprint density at radius 1 is 0.900 bits per heavy atom. The van der Waals surface area contributed by atoms with E-state index in [1.807, 2.05) is 84.9 Å². The predicted octanol–water partition coefficient (Wildman–Crippen LogP) is 7.61. The van der Waals surface area contributed by atoms with Gasteiger partial charge in [-0.3, -0.25) is 24.8 Å². The first-order chi connectivity index (χ1) is 19.5. The molecule has 200 valence electrons. The van der Waals surface area contributed by atoms with Crippen LogP contribution in [0.1, 0.15) is 22.3 Å². The van der Waals surface area contributed by atoms with Crippen molar-refractivity contribution in [2.45, 2.75) is 19.7 Å². The molecule has 1 heterocycles. The largest absolute Gasteiger partial charge is 0.488 e. The van der Waals surface area contributed by atoms with Gasteiger partial charge in [-0.1, -0.05) is 76.6 Å². The average Bonchev–Trinajstić information content (AvgIpc) is 3.26. The van der Waals surface area contributed by atoms with E-state index in [1.165, 1.54) is 23.9 Å². The molecule has 4 aromatic rings. The van der Waals surface area contributed by atoms with Crippen molar-refractivity contribution in [1.82, 2.24) is 4.90 Å². The fraction of sp³-hybridized carbons (Fsp3) is 0.0968. The molecule has 1 fully saturated rings. The van der Waals surface area contributed by atoms with Gasteiger partial charge in [0.2, 0.25) is 0 Å². The summed E-state index contributed by atoms with van der Waals surface area (Å²) in [6, 6.07) is 31.6. The minimum absolute atomic E-state index is 0.0272. The van der Waals surface area contributed by atoms with Crippen LogP contribution in [-0.4, -0.2) is 20.9 Å². The van der Waals surface area contributed by atoms with Gasteiger partial charge in [-0.15, -0.1) is 0 Å². The maximum atomic E-state index is 13.6. The Morgan fingerprint density at radius 3 is 2.25 bits per heavy atom. The van der Waals surface area contributed by atoms with Crippen molar-refractivity contribution >= 4 is 50.5 Å². The van der Waals surface area contributed by atoms with E-state index in [4.69, 9.17) is 9.73 Å². The maximum absolute atomic E-state index is 13.6. The number of non-ortho nitro benzene ring substituents is 1. The number of ether oxygens (including phenoxy) is 1. The number of amides is 1. The van der Waals surface area contributed by atoms with Crippen LogP contribution in [-0.2, 0) is 24.5 Å². The van der Waals surface area contributed by atoms with E-state index in [0.29, 0.717) is 28.9 Å². The number of nitro groups is 1. The molecule has 0 aliphatic carbocycles. The molecule has 40 heavy (non-hydrogen) atoms. The number of nitro benzene ring substituents is 1. The second kappa shape index (κ2) is 12.8. The third kappa shape index (κ3) is 6.86. The normalized spacial score (nSPS) is 15.1.